The van der Waals surface area contributed by atoms with Crippen molar-refractivity contribution in [2.45, 2.75) is 83.2 Å². The Morgan fingerprint density at radius 1 is 1.25 bits per heavy atom. The normalized spacial score (nSPS) is 20.1. The quantitative estimate of drug-likeness (QED) is 0.218. The largest absolute Gasteiger partial charge is 0.490 e. The van der Waals surface area contributed by atoms with Crippen LogP contribution in [-0.4, -0.2) is 31.3 Å². The van der Waals surface area contributed by atoms with Crippen molar-refractivity contribution in [2.24, 2.45) is 0 Å². The highest BCUT2D eigenvalue weighted by Gasteiger charge is 2.41. The second-order valence-corrected chi connectivity index (χ2v) is 11.8. The van der Waals surface area contributed by atoms with Gasteiger partial charge in [0, 0.05) is 23.5 Å². The van der Waals surface area contributed by atoms with Gasteiger partial charge >= 0.3 is 5.97 Å². The Kier molecular flexibility index (Phi) is 8.04. The molecule has 0 saturated carbocycles. The molecule has 1 aliphatic heterocycles. The number of hydrogen-bond donors (Lipinski definition) is 0. The van der Waals surface area contributed by atoms with E-state index in [9.17, 15) is 4.79 Å². The van der Waals surface area contributed by atoms with Gasteiger partial charge in [-0.05, 0) is 107 Å². The van der Waals surface area contributed by atoms with E-state index in [1.807, 2.05) is 52.0 Å². The average Bonchev–Trinajstić information content (AvgIpc) is 2.97. The molecule has 2 atom stereocenters. The minimum Gasteiger partial charge on any atom is -0.490 e. The Hall–Kier alpha value is -2.46. The van der Waals surface area contributed by atoms with Crippen LogP contribution in [-0.2, 0) is 21.4 Å². The maximum Gasteiger partial charge on any atom is 0.313 e. The second-order valence-electron chi connectivity index (χ2n) is 11.4. The predicted molar refractivity (Wildman–Crippen MR) is 149 cm³/mol. The predicted octanol–water partition coefficient (Wildman–Crippen LogP) is 7.61. The highest BCUT2D eigenvalue weighted by atomic mass is 35.5. The summed E-state index contributed by atoms with van der Waals surface area (Å²) in [5.41, 5.74) is 4.13. The van der Waals surface area contributed by atoms with Gasteiger partial charge in [-0.15, -0.1) is 6.58 Å². The fourth-order valence-corrected chi connectivity index (χ4v) is 5.75. The van der Waals surface area contributed by atoms with E-state index in [1.165, 1.54) is 11.1 Å². The molecule has 0 radical (unpaired) electrons. The summed E-state index contributed by atoms with van der Waals surface area (Å²) >= 11 is 6.36. The van der Waals surface area contributed by atoms with Crippen LogP contribution in [0.25, 0.3) is 0 Å². The number of rotatable bonds is 7. The first-order valence-electron chi connectivity index (χ1n) is 13.3. The van der Waals surface area contributed by atoms with Gasteiger partial charge in [-0.2, -0.15) is 0 Å². The van der Waals surface area contributed by atoms with Crippen LogP contribution in [0.4, 0.5) is 5.69 Å². The van der Waals surface area contributed by atoms with E-state index in [-0.39, 0.29) is 17.3 Å². The SMILES string of the molecule is C=CCCCCN1C[C@@]2(CCCc3cc(Cl)ccc32)COc2ccc([C@@H](C)C(=O)OC(C)(C)C)cc21. The number of aryl methyl sites for hydroxylation is 1. The molecule has 4 rings (SSSR count). The topological polar surface area (TPSA) is 38.8 Å². The maximum atomic E-state index is 12.8. The van der Waals surface area contributed by atoms with Crippen molar-refractivity contribution >= 4 is 23.3 Å². The summed E-state index contributed by atoms with van der Waals surface area (Å²) in [6.45, 7) is 14.0. The van der Waals surface area contributed by atoms with Gasteiger partial charge in [-0.3, -0.25) is 4.79 Å². The molecule has 0 bridgehead atoms. The average molecular weight is 510 g/mol. The van der Waals surface area contributed by atoms with Crippen molar-refractivity contribution in [2.75, 3.05) is 24.6 Å². The second kappa shape index (κ2) is 10.9. The first kappa shape index (κ1) is 26.6. The lowest BCUT2D eigenvalue weighted by Gasteiger charge is -2.41. The Morgan fingerprint density at radius 2 is 2.06 bits per heavy atom. The lowest BCUT2D eigenvalue weighted by Crippen LogP contribution is -2.46. The number of unbranched alkanes of at least 4 members (excludes halogenated alkanes) is 2. The molecular weight excluding hydrogens is 470 g/mol. The van der Waals surface area contributed by atoms with Gasteiger partial charge in [0.05, 0.1) is 18.2 Å². The first-order valence-corrected chi connectivity index (χ1v) is 13.6. The van der Waals surface area contributed by atoms with E-state index in [0.717, 1.165) is 73.6 Å². The zero-order chi connectivity index (χ0) is 25.9. The number of halogens is 1. The minimum atomic E-state index is -0.513. The third kappa shape index (κ3) is 5.91. The van der Waals surface area contributed by atoms with Gasteiger partial charge in [0.25, 0.3) is 0 Å². The number of carbonyl (C=O) groups is 1. The molecule has 36 heavy (non-hydrogen) atoms. The van der Waals surface area contributed by atoms with Crippen LogP contribution in [0.5, 0.6) is 5.75 Å². The van der Waals surface area contributed by atoms with E-state index in [4.69, 9.17) is 21.1 Å². The summed E-state index contributed by atoms with van der Waals surface area (Å²) in [6, 6.07) is 12.5. The molecule has 1 spiro atoms. The molecule has 2 aliphatic rings. The standard InChI is InChI=1S/C31H40ClNO3/c1-6-7-8-9-17-33-20-31(16-10-11-24-18-25(32)13-14-26(24)31)21-35-28-15-12-23(19-27(28)33)22(2)29(34)36-30(3,4)5/h6,12-15,18-19,22H,1,7-11,16-17,20-21H2,2-5H3/t22-,31+/m1/s1. The van der Waals surface area contributed by atoms with Crippen molar-refractivity contribution < 1.29 is 14.3 Å². The molecule has 1 aliphatic carbocycles. The van der Waals surface area contributed by atoms with Crippen LogP contribution in [0.2, 0.25) is 5.02 Å². The number of benzene rings is 2. The monoisotopic (exact) mass is 509 g/mol. The summed E-state index contributed by atoms with van der Waals surface area (Å²) in [4.78, 5) is 15.3. The van der Waals surface area contributed by atoms with E-state index in [0.29, 0.717) is 6.61 Å². The van der Waals surface area contributed by atoms with Crippen molar-refractivity contribution in [3.8, 4) is 5.75 Å². The Bertz CT molecular complexity index is 1110. The number of fused-ring (bicyclic) bond motifs is 3. The van der Waals surface area contributed by atoms with Gasteiger partial charge in [0.2, 0.25) is 0 Å². The van der Waals surface area contributed by atoms with Gasteiger partial charge in [0.15, 0.2) is 0 Å². The summed E-state index contributed by atoms with van der Waals surface area (Å²) in [6.07, 6.45) is 8.44. The van der Waals surface area contributed by atoms with Crippen molar-refractivity contribution in [1.29, 1.82) is 0 Å². The van der Waals surface area contributed by atoms with Crippen LogP contribution in [0.1, 0.15) is 82.4 Å². The Labute approximate surface area is 221 Å². The number of nitrogens with zero attached hydrogens (tertiary/aromatic N) is 1. The van der Waals surface area contributed by atoms with Crippen molar-refractivity contribution in [3.05, 3.63) is 70.8 Å². The zero-order valence-electron chi connectivity index (χ0n) is 22.2. The number of ether oxygens (including phenoxy) is 2. The molecule has 0 N–H and O–H groups in total. The Morgan fingerprint density at radius 3 is 2.81 bits per heavy atom. The number of anilines is 1. The van der Waals surface area contributed by atoms with Gasteiger partial charge in [-0.1, -0.05) is 29.8 Å². The van der Waals surface area contributed by atoms with E-state index in [1.54, 1.807) is 0 Å². The van der Waals surface area contributed by atoms with Gasteiger partial charge in [0.1, 0.15) is 11.4 Å². The van der Waals surface area contributed by atoms with Crippen molar-refractivity contribution in [1.82, 2.24) is 0 Å². The molecule has 2 aromatic carbocycles. The zero-order valence-corrected chi connectivity index (χ0v) is 23.0. The molecule has 0 aromatic heterocycles. The summed E-state index contributed by atoms with van der Waals surface area (Å²) in [5, 5.41) is 0.797. The number of esters is 1. The first-order chi connectivity index (χ1) is 17.1. The minimum absolute atomic E-state index is 0.0907. The third-order valence-electron chi connectivity index (χ3n) is 7.41. The molecule has 2 aromatic rings. The van der Waals surface area contributed by atoms with Gasteiger partial charge < -0.3 is 14.4 Å². The van der Waals surface area contributed by atoms with Crippen molar-refractivity contribution in [3.63, 3.8) is 0 Å². The molecule has 0 amide bonds. The molecule has 1 heterocycles. The highest BCUT2D eigenvalue weighted by molar-refractivity contribution is 6.30. The Balaban J connectivity index is 1.68. The van der Waals surface area contributed by atoms with Crippen LogP contribution < -0.4 is 9.64 Å². The summed E-state index contributed by atoms with van der Waals surface area (Å²) in [5.74, 6) is 0.327. The number of hydrogen-bond acceptors (Lipinski definition) is 4. The van der Waals surface area contributed by atoms with E-state index < -0.39 is 5.60 Å². The molecule has 0 fully saturated rings. The lowest BCUT2D eigenvalue weighted by atomic mass is 9.70. The van der Waals surface area contributed by atoms with Crippen LogP contribution in [0.15, 0.2) is 49.1 Å². The molecule has 5 heteroatoms. The highest BCUT2D eigenvalue weighted by Crippen LogP contribution is 2.45. The molecule has 4 nitrogen and oxygen atoms in total. The molecule has 194 valence electrons. The summed E-state index contributed by atoms with van der Waals surface area (Å²) in [7, 11) is 0. The van der Waals surface area contributed by atoms with Crippen LogP contribution in [0.3, 0.4) is 0 Å². The van der Waals surface area contributed by atoms with Gasteiger partial charge in [-0.25, -0.2) is 0 Å². The smallest absolute Gasteiger partial charge is 0.313 e. The fraction of sp³-hybridized carbons (Fsp3) is 0.516. The summed E-state index contributed by atoms with van der Waals surface area (Å²) < 4.78 is 12.2. The maximum absolute atomic E-state index is 12.8. The van der Waals surface area contributed by atoms with Crippen LogP contribution in [0, 0.1) is 0 Å². The van der Waals surface area contributed by atoms with Crippen LogP contribution >= 0.6 is 11.6 Å². The molecule has 0 saturated heterocycles. The molecular formula is C31H40ClNO3. The number of allylic oxidation sites excluding steroid dienone is 1. The lowest BCUT2D eigenvalue weighted by molar-refractivity contribution is -0.156. The van der Waals surface area contributed by atoms with E-state index >= 15 is 0 Å². The van der Waals surface area contributed by atoms with E-state index in [2.05, 4.69) is 29.7 Å². The fourth-order valence-electron chi connectivity index (χ4n) is 5.55. The number of carbonyl (C=O) groups excluding carboxylic acids is 1. The molecule has 0 unspecified atom stereocenters. The third-order valence-corrected chi connectivity index (χ3v) is 7.64.